The number of nitrogens with one attached hydrogen (secondary N) is 3. The van der Waals surface area contributed by atoms with Crippen LogP contribution in [0.2, 0.25) is 0 Å². The second-order valence-electron chi connectivity index (χ2n) is 8.17. The molecule has 33 heavy (non-hydrogen) atoms. The molecule has 0 aliphatic carbocycles. The number of hydrogen-bond donors (Lipinski definition) is 4. The summed E-state index contributed by atoms with van der Waals surface area (Å²) in [7, 11) is 0. The molecule has 1 saturated heterocycles. The van der Waals surface area contributed by atoms with Crippen molar-refractivity contribution in [3.8, 4) is 5.82 Å². The van der Waals surface area contributed by atoms with Crippen LogP contribution in [-0.2, 0) is 4.79 Å². The molecule has 1 aliphatic heterocycles. The van der Waals surface area contributed by atoms with E-state index in [1.165, 1.54) is 0 Å². The summed E-state index contributed by atoms with van der Waals surface area (Å²) in [6.07, 6.45) is 3.35. The Morgan fingerprint density at radius 1 is 1.18 bits per heavy atom. The maximum atomic E-state index is 12.4. The van der Waals surface area contributed by atoms with Crippen LogP contribution >= 0.6 is 0 Å². The molecule has 9 heteroatoms. The zero-order valence-electron chi connectivity index (χ0n) is 18.1. The second kappa shape index (κ2) is 8.97. The summed E-state index contributed by atoms with van der Waals surface area (Å²) in [5, 5.41) is 18.9. The highest BCUT2D eigenvalue weighted by Crippen LogP contribution is 2.23. The van der Waals surface area contributed by atoms with E-state index in [1.807, 2.05) is 47.0 Å². The van der Waals surface area contributed by atoms with Gasteiger partial charge >= 0.3 is 0 Å². The van der Waals surface area contributed by atoms with Crippen LogP contribution in [0.15, 0.2) is 67.1 Å². The molecule has 4 aromatic rings. The first kappa shape index (κ1) is 21.0. The first-order chi connectivity index (χ1) is 16.1. The summed E-state index contributed by atoms with van der Waals surface area (Å²) in [5.41, 5.74) is 3.40. The van der Waals surface area contributed by atoms with E-state index in [-0.39, 0.29) is 11.9 Å². The van der Waals surface area contributed by atoms with Crippen LogP contribution in [0.4, 0.5) is 11.6 Å². The third-order valence-electron chi connectivity index (χ3n) is 5.77. The zero-order chi connectivity index (χ0) is 22.8. The van der Waals surface area contributed by atoms with E-state index in [0.29, 0.717) is 30.4 Å². The SMILES string of the molecule is C[C@H](Nc1nccc(-n2cnc3cc(NC(=O)C4C[C@@H](O)CN4)ccc32)n1)c1ccccc1. The lowest BCUT2D eigenvalue weighted by Crippen LogP contribution is -2.35. The number of imidazole rings is 1. The van der Waals surface area contributed by atoms with Gasteiger partial charge in [0, 0.05) is 18.4 Å². The fourth-order valence-electron chi connectivity index (χ4n) is 3.99. The van der Waals surface area contributed by atoms with Gasteiger partial charge in [-0.15, -0.1) is 0 Å². The molecule has 3 heterocycles. The van der Waals surface area contributed by atoms with E-state index in [0.717, 1.165) is 16.6 Å². The monoisotopic (exact) mass is 443 g/mol. The van der Waals surface area contributed by atoms with Gasteiger partial charge in [0.15, 0.2) is 0 Å². The summed E-state index contributed by atoms with van der Waals surface area (Å²) in [6, 6.07) is 17.2. The van der Waals surface area contributed by atoms with Crippen LogP contribution in [0.25, 0.3) is 16.9 Å². The topological polar surface area (TPSA) is 117 Å². The summed E-state index contributed by atoms with van der Waals surface area (Å²) in [4.78, 5) is 25.9. The minimum atomic E-state index is -0.484. The summed E-state index contributed by atoms with van der Waals surface area (Å²) >= 11 is 0. The molecule has 168 valence electrons. The van der Waals surface area contributed by atoms with E-state index in [1.54, 1.807) is 12.5 Å². The highest BCUT2D eigenvalue weighted by atomic mass is 16.3. The number of benzene rings is 2. The number of aromatic nitrogens is 4. The lowest BCUT2D eigenvalue weighted by atomic mass is 10.1. The number of amides is 1. The largest absolute Gasteiger partial charge is 0.392 e. The van der Waals surface area contributed by atoms with Crippen molar-refractivity contribution in [3.63, 3.8) is 0 Å². The molecule has 1 aliphatic rings. The van der Waals surface area contributed by atoms with Gasteiger partial charge in [0.25, 0.3) is 0 Å². The van der Waals surface area contributed by atoms with Crippen LogP contribution < -0.4 is 16.0 Å². The van der Waals surface area contributed by atoms with Crippen molar-refractivity contribution in [1.29, 1.82) is 0 Å². The van der Waals surface area contributed by atoms with Crippen LogP contribution in [-0.4, -0.2) is 49.2 Å². The summed E-state index contributed by atoms with van der Waals surface area (Å²) < 4.78 is 1.88. The minimum Gasteiger partial charge on any atom is -0.392 e. The molecule has 0 bridgehead atoms. The van der Waals surface area contributed by atoms with Crippen molar-refractivity contribution >= 4 is 28.6 Å². The Morgan fingerprint density at radius 2 is 2.03 bits per heavy atom. The molecule has 2 aromatic heterocycles. The molecule has 1 unspecified atom stereocenters. The fourth-order valence-corrected chi connectivity index (χ4v) is 3.99. The molecule has 5 rings (SSSR count). The number of β-amino-alcohol motifs (C(OH)–C–C–N with tert-alkyl or cyclic N) is 1. The van der Waals surface area contributed by atoms with E-state index in [4.69, 9.17) is 0 Å². The lowest BCUT2D eigenvalue weighted by molar-refractivity contribution is -0.117. The number of carbonyl (C=O) groups is 1. The quantitative estimate of drug-likeness (QED) is 0.362. The Kier molecular flexibility index (Phi) is 5.72. The Balaban J connectivity index is 1.34. The Bertz CT molecular complexity index is 1270. The van der Waals surface area contributed by atoms with Gasteiger partial charge in [-0.1, -0.05) is 30.3 Å². The number of anilines is 2. The average Bonchev–Trinajstić information content (AvgIpc) is 3.46. The molecule has 0 spiro atoms. The van der Waals surface area contributed by atoms with Crippen molar-refractivity contribution in [1.82, 2.24) is 24.8 Å². The van der Waals surface area contributed by atoms with Gasteiger partial charge in [-0.3, -0.25) is 9.36 Å². The van der Waals surface area contributed by atoms with Gasteiger partial charge in [-0.2, -0.15) is 4.98 Å². The Hall–Kier alpha value is -3.82. The molecule has 9 nitrogen and oxygen atoms in total. The smallest absolute Gasteiger partial charge is 0.241 e. The van der Waals surface area contributed by atoms with Crippen LogP contribution in [0.5, 0.6) is 0 Å². The number of hydrogen-bond acceptors (Lipinski definition) is 7. The van der Waals surface area contributed by atoms with Gasteiger partial charge < -0.3 is 21.1 Å². The van der Waals surface area contributed by atoms with Crippen LogP contribution in [0.1, 0.15) is 24.9 Å². The minimum absolute atomic E-state index is 0.0580. The van der Waals surface area contributed by atoms with Crippen molar-refractivity contribution in [2.45, 2.75) is 31.5 Å². The van der Waals surface area contributed by atoms with E-state index >= 15 is 0 Å². The first-order valence-corrected chi connectivity index (χ1v) is 10.9. The van der Waals surface area contributed by atoms with Crippen LogP contribution in [0, 0.1) is 0 Å². The molecule has 3 atom stereocenters. The third kappa shape index (κ3) is 4.55. The van der Waals surface area contributed by atoms with Gasteiger partial charge in [0.2, 0.25) is 11.9 Å². The standard InChI is InChI=1S/C24H25N7O2/c1-15(16-5-3-2-4-6-16)28-24-25-10-9-22(30-24)31-14-27-19-11-17(7-8-21(19)31)29-23(33)20-12-18(32)13-26-20/h2-11,14-15,18,20,26,32H,12-13H2,1H3,(H,29,33)(H,25,28,30)/t15-,18+,20?/m0/s1. The van der Waals surface area contributed by atoms with Crippen molar-refractivity contribution in [2.75, 3.05) is 17.2 Å². The average molecular weight is 444 g/mol. The molecule has 0 radical (unpaired) electrons. The number of aliphatic hydroxyl groups excluding tert-OH is 1. The first-order valence-electron chi connectivity index (χ1n) is 10.9. The predicted molar refractivity (Wildman–Crippen MR) is 126 cm³/mol. The molecular weight excluding hydrogens is 418 g/mol. The number of carbonyl (C=O) groups excluding carboxylic acids is 1. The van der Waals surface area contributed by atoms with Crippen molar-refractivity contribution < 1.29 is 9.90 Å². The zero-order valence-corrected chi connectivity index (χ0v) is 18.1. The highest BCUT2D eigenvalue weighted by Gasteiger charge is 2.28. The molecule has 2 aromatic carbocycles. The third-order valence-corrected chi connectivity index (χ3v) is 5.77. The van der Waals surface area contributed by atoms with Gasteiger partial charge in [-0.05, 0) is 43.2 Å². The Morgan fingerprint density at radius 3 is 2.82 bits per heavy atom. The van der Waals surface area contributed by atoms with E-state index in [9.17, 15) is 9.90 Å². The predicted octanol–water partition coefficient (Wildman–Crippen LogP) is 2.65. The normalized spacial score (nSPS) is 18.8. The number of fused-ring (bicyclic) bond motifs is 1. The van der Waals surface area contributed by atoms with Gasteiger partial charge in [-0.25, -0.2) is 9.97 Å². The van der Waals surface area contributed by atoms with E-state index in [2.05, 4.69) is 50.0 Å². The van der Waals surface area contributed by atoms with Gasteiger partial charge in [0.1, 0.15) is 12.1 Å². The van der Waals surface area contributed by atoms with Crippen LogP contribution in [0.3, 0.4) is 0 Å². The summed E-state index contributed by atoms with van der Waals surface area (Å²) in [5.74, 6) is 1.06. The molecule has 1 fully saturated rings. The number of nitrogens with zero attached hydrogens (tertiary/aromatic N) is 4. The molecule has 1 amide bonds. The maximum absolute atomic E-state index is 12.4. The lowest BCUT2D eigenvalue weighted by Gasteiger charge is -2.14. The molecule has 0 saturated carbocycles. The highest BCUT2D eigenvalue weighted by molar-refractivity contribution is 5.96. The number of rotatable bonds is 6. The summed E-state index contributed by atoms with van der Waals surface area (Å²) in [6.45, 7) is 2.50. The number of aliphatic hydroxyl groups is 1. The van der Waals surface area contributed by atoms with E-state index < -0.39 is 12.1 Å². The Labute approximate surface area is 190 Å². The van der Waals surface area contributed by atoms with Crippen molar-refractivity contribution in [3.05, 3.63) is 72.7 Å². The second-order valence-corrected chi connectivity index (χ2v) is 8.17. The van der Waals surface area contributed by atoms with Crippen molar-refractivity contribution in [2.24, 2.45) is 0 Å². The maximum Gasteiger partial charge on any atom is 0.241 e. The molecule has 4 N–H and O–H groups in total. The molecular formula is C24H25N7O2. The fraction of sp³-hybridized carbons (Fsp3) is 0.250. The van der Waals surface area contributed by atoms with Gasteiger partial charge in [0.05, 0.1) is 29.2 Å².